The Hall–Kier alpha value is -1.54. The zero-order chi connectivity index (χ0) is 15.9. The van der Waals surface area contributed by atoms with Crippen molar-refractivity contribution in [2.75, 3.05) is 5.73 Å². The monoisotopic (exact) mass is 298 g/mol. The fraction of sp³-hybridized carbons (Fsp3) is 0.500. The molecule has 0 heterocycles. The number of benzene rings is 2. The van der Waals surface area contributed by atoms with Gasteiger partial charge in [-0.25, -0.2) is 0 Å². The first kappa shape index (κ1) is 16.8. The largest absolute Gasteiger partial charge is 0.398 e. The van der Waals surface area contributed by atoms with E-state index in [1.807, 2.05) is 30.3 Å². The smallest absolute Gasteiger partial charge is 0.0393 e. The summed E-state index contributed by atoms with van der Waals surface area (Å²) in [5, 5.41) is 2.34. The second kappa shape index (κ2) is 8.19. The SMILES string of the molecule is CCC1CC(N)CC(CC)C1.Nc1cccc2ccccc12. The summed E-state index contributed by atoms with van der Waals surface area (Å²) >= 11 is 0. The first-order valence-electron chi connectivity index (χ1n) is 8.62. The Morgan fingerprint density at radius 2 is 1.45 bits per heavy atom. The molecule has 0 bridgehead atoms. The van der Waals surface area contributed by atoms with E-state index in [9.17, 15) is 0 Å². The molecule has 0 radical (unpaired) electrons. The Bertz CT molecular complexity index is 561. The third-order valence-electron chi connectivity index (χ3n) is 4.92. The highest BCUT2D eigenvalue weighted by Gasteiger charge is 2.24. The lowest BCUT2D eigenvalue weighted by molar-refractivity contribution is 0.229. The van der Waals surface area contributed by atoms with Gasteiger partial charge in [-0.15, -0.1) is 0 Å². The van der Waals surface area contributed by atoms with Crippen LogP contribution in [0.15, 0.2) is 42.5 Å². The third kappa shape index (κ3) is 4.48. The lowest BCUT2D eigenvalue weighted by Crippen LogP contribution is -2.32. The first-order chi connectivity index (χ1) is 10.6. The fourth-order valence-corrected chi connectivity index (χ4v) is 3.53. The molecule has 4 N–H and O–H groups in total. The van der Waals surface area contributed by atoms with Crippen molar-refractivity contribution in [2.24, 2.45) is 17.6 Å². The van der Waals surface area contributed by atoms with Gasteiger partial charge in [-0.2, -0.15) is 0 Å². The van der Waals surface area contributed by atoms with Gasteiger partial charge in [0.15, 0.2) is 0 Å². The second-order valence-corrected chi connectivity index (χ2v) is 6.58. The van der Waals surface area contributed by atoms with Crippen LogP contribution in [0.2, 0.25) is 0 Å². The number of hydrogen-bond acceptors (Lipinski definition) is 2. The van der Waals surface area contributed by atoms with Crippen LogP contribution in [0.3, 0.4) is 0 Å². The Labute approximate surface area is 134 Å². The highest BCUT2D eigenvalue weighted by Crippen LogP contribution is 2.31. The number of nitrogen functional groups attached to an aromatic ring is 1. The number of anilines is 1. The van der Waals surface area contributed by atoms with E-state index in [2.05, 4.69) is 26.0 Å². The minimum Gasteiger partial charge on any atom is -0.398 e. The molecule has 2 aromatic carbocycles. The zero-order valence-corrected chi connectivity index (χ0v) is 14.0. The molecule has 1 aliphatic carbocycles. The van der Waals surface area contributed by atoms with Crippen molar-refractivity contribution in [1.82, 2.24) is 0 Å². The van der Waals surface area contributed by atoms with Gasteiger partial charge in [0.05, 0.1) is 0 Å². The van der Waals surface area contributed by atoms with Crippen molar-refractivity contribution in [3.8, 4) is 0 Å². The second-order valence-electron chi connectivity index (χ2n) is 6.58. The molecule has 2 nitrogen and oxygen atoms in total. The predicted molar refractivity (Wildman–Crippen MR) is 97.7 cm³/mol. The number of rotatable bonds is 2. The summed E-state index contributed by atoms with van der Waals surface area (Å²) in [6.07, 6.45) is 6.62. The molecule has 2 atom stereocenters. The molecule has 1 saturated carbocycles. The average Bonchev–Trinajstić information content (AvgIpc) is 2.55. The first-order valence-corrected chi connectivity index (χ1v) is 8.62. The summed E-state index contributed by atoms with van der Waals surface area (Å²) in [4.78, 5) is 0. The molecule has 2 unspecified atom stereocenters. The van der Waals surface area contributed by atoms with E-state index in [0.717, 1.165) is 22.9 Å². The van der Waals surface area contributed by atoms with Gasteiger partial charge < -0.3 is 11.5 Å². The van der Waals surface area contributed by atoms with Crippen molar-refractivity contribution < 1.29 is 0 Å². The van der Waals surface area contributed by atoms with Crippen LogP contribution in [0.25, 0.3) is 10.8 Å². The van der Waals surface area contributed by atoms with Crippen LogP contribution < -0.4 is 11.5 Å². The summed E-state index contributed by atoms with van der Waals surface area (Å²) in [6, 6.07) is 14.6. The third-order valence-corrected chi connectivity index (χ3v) is 4.92. The standard InChI is InChI=1S/C10H9N.C10H21N/c11-10-7-3-5-8-4-1-2-6-9(8)10;1-3-8-5-9(4-2)7-10(11)6-8/h1-7H,11H2;8-10H,3-7,11H2,1-2H3. The van der Waals surface area contributed by atoms with E-state index in [-0.39, 0.29) is 0 Å². The molecule has 3 rings (SSSR count). The van der Waals surface area contributed by atoms with Crippen LogP contribution in [-0.4, -0.2) is 6.04 Å². The Morgan fingerprint density at radius 1 is 0.864 bits per heavy atom. The fourth-order valence-electron chi connectivity index (χ4n) is 3.53. The summed E-state index contributed by atoms with van der Waals surface area (Å²) in [6.45, 7) is 4.57. The van der Waals surface area contributed by atoms with Gasteiger partial charge in [0, 0.05) is 17.1 Å². The number of hydrogen-bond donors (Lipinski definition) is 2. The predicted octanol–water partition coefficient (Wildman–Crippen LogP) is 4.97. The van der Waals surface area contributed by atoms with Gasteiger partial charge in [0.25, 0.3) is 0 Å². The molecule has 2 aromatic rings. The van der Waals surface area contributed by atoms with Crippen molar-refractivity contribution in [1.29, 1.82) is 0 Å². The number of fused-ring (bicyclic) bond motifs is 1. The maximum atomic E-state index is 5.97. The molecular formula is C20H30N2. The Morgan fingerprint density at radius 3 is 2.05 bits per heavy atom. The highest BCUT2D eigenvalue weighted by molar-refractivity contribution is 5.92. The van der Waals surface area contributed by atoms with Crippen LogP contribution in [0, 0.1) is 11.8 Å². The molecule has 120 valence electrons. The van der Waals surface area contributed by atoms with Crippen molar-refractivity contribution in [2.45, 2.75) is 52.0 Å². The molecule has 0 amide bonds. The van der Waals surface area contributed by atoms with Gasteiger partial charge in [-0.1, -0.05) is 63.1 Å². The quantitative estimate of drug-likeness (QED) is 0.769. The van der Waals surface area contributed by atoms with E-state index in [4.69, 9.17) is 11.5 Å². The van der Waals surface area contributed by atoms with E-state index >= 15 is 0 Å². The van der Waals surface area contributed by atoms with Crippen LogP contribution in [0.4, 0.5) is 5.69 Å². The molecule has 0 aromatic heterocycles. The van der Waals surface area contributed by atoms with Crippen LogP contribution in [-0.2, 0) is 0 Å². The lowest BCUT2D eigenvalue weighted by atomic mass is 9.77. The lowest BCUT2D eigenvalue weighted by Gasteiger charge is -2.32. The van der Waals surface area contributed by atoms with E-state index < -0.39 is 0 Å². The highest BCUT2D eigenvalue weighted by atomic mass is 14.6. The van der Waals surface area contributed by atoms with Crippen LogP contribution >= 0.6 is 0 Å². The van der Waals surface area contributed by atoms with E-state index in [0.29, 0.717) is 6.04 Å². The summed E-state index contributed by atoms with van der Waals surface area (Å²) in [5.41, 5.74) is 12.6. The molecule has 0 saturated heterocycles. The van der Waals surface area contributed by atoms with Gasteiger partial charge in [0.2, 0.25) is 0 Å². The zero-order valence-electron chi connectivity index (χ0n) is 14.0. The van der Waals surface area contributed by atoms with Gasteiger partial charge in [-0.05, 0) is 42.6 Å². The topological polar surface area (TPSA) is 52.0 Å². The van der Waals surface area contributed by atoms with E-state index in [1.165, 1.54) is 37.5 Å². The van der Waals surface area contributed by atoms with Crippen LogP contribution in [0.1, 0.15) is 46.0 Å². The maximum Gasteiger partial charge on any atom is 0.0393 e. The number of nitrogens with two attached hydrogens (primary N) is 2. The summed E-state index contributed by atoms with van der Waals surface area (Å²) in [7, 11) is 0. The molecule has 0 spiro atoms. The summed E-state index contributed by atoms with van der Waals surface area (Å²) in [5.74, 6) is 1.84. The molecule has 1 fully saturated rings. The van der Waals surface area contributed by atoms with Crippen LogP contribution in [0.5, 0.6) is 0 Å². The Kier molecular flexibility index (Phi) is 6.26. The molecule has 0 aliphatic heterocycles. The van der Waals surface area contributed by atoms with Gasteiger partial charge in [0.1, 0.15) is 0 Å². The Balaban J connectivity index is 0.000000160. The molecule has 2 heteroatoms. The maximum absolute atomic E-state index is 5.97. The molecule has 22 heavy (non-hydrogen) atoms. The minimum atomic E-state index is 0.499. The van der Waals surface area contributed by atoms with Gasteiger partial charge in [-0.3, -0.25) is 0 Å². The summed E-state index contributed by atoms with van der Waals surface area (Å²) < 4.78 is 0. The average molecular weight is 298 g/mol. The van der Waals surface area contributed by atoms with Gasteiger partial charge >= 0.3 is 0 Å². The van der Waals surface area contributed by atoms with Crippen molar-refractivity contribution in [3.63, 3.8) is 0 Å². The molecule has 1 aliphatic rings. The normalized spacial score (nSPS) is 24.6. The molecular weight excluding hydrogens is 268 g/mol. The minimum absolute atomic E-state index is 0.499. The van der Waals surface area contributed by atoms with Crippen molar-refractivity contribution in [3.05, 3.63) is 42.5 Å². The van der Waals surface area contributed by atoms with Crippen molar-refractivity contribution >= 4 is 16.5 Å². The van der Waals surface area contributed by atoms with E-state index in [1.54, 1.807) is 0 Å².